The lowest BCUT2D eigenvalue weighted by Gasteiger charge is -2.07. The van der Waals surface area contributed by atoms with E-state index >= 15 is 0 Å². The molecule has 0 amide bonds. The van der Waals surface area contributed by atoms with Crippen molar-refractivity contribution in [3.05, 3.63) is 40.0 Å². The van der Waals surface area contributed by atoms with Crippen LogP contribution in [0.2, 0.25) is 0 Å². The summed E-state index contributed by atoms with van der Waals surface area (Å²) in [7, 11) is 0. The smallest absolute Gasteiger partial charge is 0.245 e. The van der Waals surface area contributed by atoms with Crippen LogP contribution in [0.5, 0.6) is 0 Å². The average molecular weight is 327 g/mol. The fourth-order valence-electron chi connectivity index (χ4n) is 1.41. The van der Waals surface area contributed by atoms with Gasteiger partial charge in [-0.3, -0.25) is 0 Å². The molecule has 0 aliphatic heterocycles. The lowest BCUT2D eigenvalue weighted by Crippen LogP contribution is -2.10. The van der Waals surface area contributed by atoms with Crippen LogP contribution in [0.4, 0.5) is 5.69 Å². The number of nitrogens with zero attached hydrogens (tertiary/aromatic N) is 2. The molecule has 0 saturated heterocycles. The average Bonchev–Trinajstić information content (AvgIpc) is 2.72. The van der Waals surface area contributed by atoms with Gasteiger partial charge in [0, 0.05) is 15.7 Å². The van der Waals surface area contributed by atoms with Crippen LogP contribution >= 0.6 is 28.1 Å². The van der Waals surface area contributed by atoms with E-state index in [0.717, 1.165) is 15.7 Å². The molecule has 2 rings (SSSR count). The number of rotatable bonds is 4. The van der Waals surface area contributed by atoms with Crippen molar-refractivity contribution >= 4 is 38.8 Å². The van der Waals surface area contributed by atoms with Gasteiger partial charge in [0.25, 0.3) is 0 Å². The number of nitrogens with two attached hydrogens (primary N) is 1. The van der Waals surface area contributed by atoms with Crippen LogP contribution in [0.15, 0.2) is 27.2 Å². The van der Waals surface area contributed by atoms with Crippen LogP contribution in [0.3, 0.4) is 0 Å². The molecule has 5 nitrogen and oxygen atoms in total. The summed E-state index contributed by atoms with van der Waals surface area (Å²) in [5, 5.41) is 6.89. The van der Waals surface area contributed by atoms with E-state index < -0.39 is 0 Å². The molecule has 0 bridgehead atoms. The first-order valence-electron chi connectivity index (χ1n) is 5.18. The van der Waals surface area contributed by atoms with Crippen LogP contribution in [-0.4, -0.2) is 15.1 Å². The predicted octanol–water partition coefficient (Wildman–Crippen LogP) is 2.39. The second-order valence-corrected chi connectivity index (χ2v) is 4.94. The summed E-state index contributed by atoms with van der Waals surface area (Å²) in [6.45, 7) is 2.25. The minimum atomic E-state index is 0.362. The molecule has 0 fully saturated rings. The van der Waals surface area contributed by atoms with E-state index in [4.69, 9.17) is 22.5 Å². The van der Waals surface area contributed by atoms with Crippen molar-refractivity contribution in [1.29, 1.82) is 0 Å². The lowest BCUT2D eigenvalue weighted by molar-refractivity contribution is 0.379. The molecule has 0 radical (unpaired) electrons. The highest BCUT2D eigenvalue weighted by molar-refractivity contribution is 9.10. The third kappa shape index (κ3) is 3.05. The molecule has 2 aromatic rings. The lowest BCUT2D eigenvalue weighted by atomic mass is 10.2. The fraction of sp³-hybridized carbons (Fsp3) is 0.182. The highest BCUT2D eigenvalue weighted by atomic mass is 79.9. The number of anilines is 1. The van der Waals surface area contributed by atoms with E-state index in [1.165, 1.54) is 0 Å². The van der Waals surface area contributed by atoms with E-state index in [-0.39, 0.29) is 0 Å². The van der Waals surface area contributed by atoms with Crippen molar-refractivity contribution < 1.29 is 4.52 Å². The molecule has 0 unspecified atom stereocenters. The summed E-state index contributed by atoms with van der Waals surface area (Å²) < 4.78 is 5.85. The van der Waals surface area contributed by atoms with Gasteiger partial charge in [-0.15, -0.1) is 0 Å². The van der Waals surface area contributed by atoms with Crippen LogP contribution in [0.25, 0.3) is 0 Å². The van der Waals surface area contributed by atoms with Crippen molar-refractivity contribution in [2.45, 2.75) is 13.5 Å². The van der Waals surface area contributed by atoms with Crippen molar-refractivity contribution in [2.24, 2.45) is 5.73 Å². The Labute approximate surface area is 118 Å². The van der Waals surface area contributed by atoms with Crippen molar-refractivity contribution in [1.82, 2.24) is 10.1 Å². The second-order valence-electron chi connectivity index (χ2n) is 3.65. The number of aromatic nitrogens is 2. The molecule has 0 saturated carbocycles. The van der Waals surface area contributed by atoms with Gasteiger partial charge in [0.1, 0.15) is 4.99 Å². The van der Waals surface area contributed by atoms with E-state index in [2.05, 4.69) is 31.4 Å². The first-order chi connectivity index (χ1) is 8.56. The number of thiocarbonyl (C=S) groups is 1. The normalized spacial score (nSPS) is 10.3. The highest BCUT2D eigenvalue weighted by Crippen LogP contribution is 2.21. The molecule has 3 N–H and O–H groups in total. The first-order valence-corrected chi connectivity index (χ1v) is 6.39. The van der Waals surface area contributed by atoms with Gasteiger partial charge in [-0.05, 0) is 41.1 Å². The van der Waals surface area contributed by atoms with Gasteiger partial charge in [-0.2, -0.15) is 4.98 Å². The zero-order valence-corrected chi connectivity index (χ0v) is 12.0. The first kappa shape index (κ1) is 13.0. The highest BCUT2D eigenvalue weighted by Gasteiger charge is 2.05. The summed E-state index contributed by atoms with van der Waals surface area (Å²) in [6, 6.07) is 5.65. The molecule has 0 atom stereocenters. The van der Waals surface area contributed by atoms with E-state index in [9.17, 15) is 0 Å². The van der Waals surface area contributed by atoms with Gasteiger partial charge in [0.2, 0.25) is 5.89 Å². The number of halogens is 1. The molecule has 0 spiro atoms. The quantitative estimate of drug-likeness (QED) is 0.840. The van der Waals surface area contributed by atoms with E-state index in [1.807, 2.05) is 18.2 Å². The molecule has 94 valence electrons. The Hall–Kier alpha value is -1.47. The van der Waals surface area contributed by atoms with Gasteiger partial charge < -0.3 is 15.6 Å². The summed E-state index contributed by atoms with van der Waals surface area (Å²) in [4.78, 5) is 4.46. The maximum Gasteiger partial charge on any atom is 0.245 e. The molecule has 0 aliphatic carbocycles. The van der Waals surface area contributed by atoms with Gasteiger partial charge in [-0.1, -0.05) is 17.4 Å². The minimum absolute atomic E-state index is 0.362. The predicted molar refractivity (Wildman–Crippen MR) is 76.4 cm³/mol. The number of benzene rings is 1. The monoisotopic (exact) mass is 326 g/mol. The molecule has 1 heterocycles. The Balaban J connectivity index is 2.06. The number of hydrogen-bond donors (Lipinski definition) is 2. The summed E-state index contributed by atoms with van der Waals surface area (Å²) in [5.74, 6) is 1.17. The van der Waals surface area contributed by atoms with Crippen LogP contribution < -0.4 is 11.1 Å². The van der Waals surface area contributed by atoms with Crippen molar-refractivity contribution in [3.8, 4) is 0 Å². The number of nitrogens with one attached hydrogen (secondary N) is 1. The third-order valence-electron chi connectivity index (χ3n) is 2.25. The third-order valence-corrected chi connectivity index (χ3v) is 3.12. The molecular weight excluding hydrogens is 316 g/mol. The Bertz CT molecular complexity index is 584. The Morgan fingerprint density at radius 2 is 2.33 bits per heavy atom. The summed E-state index contributed by atoms with van der Waals surface area (Å²) >= 11 is 8.35. The Morgan fingerprint density at radius 1 is 1.56 bits per heavy atom. The maximum atomic E-state index is 5.58. The molecule has 7 heteroatoms. The molecule has 0 aliphatic rings. The largest absolute Gasteiger partial charge is 0.389 e. The van der Waals surface area contributed by atoms with Gasteiger partial charge >= 0.3 is 0 Å². The molecule has 18 heavy (non-hydrogen) atoms. The topological polar surface area (TPSA) is 77.0 Å². The van der Waals surface area contributed by atoms with Crippen LogP contribution in [0, 0.1) is 6.92 Å². The summed E-state index contributed by atoms with van der Waals surface area (Å²) in [6.07, 6.45) is 0. The minimum Gasteiger partial charge on any atom is -0.389 e. The van der Waals surface area contributed by atoms with Crippen molar-refractivity contribution in [2.75, 3.05) is 5.32 Å². The van der Waals surface area contributed by atoms with Crippen LogP contribution in [0.1, 0.15) is 17.3 Å². The molecule has 1 aromatic heterocycles. The van der Waals surface area contributed by atoms with Gasteiger partial charge in [0.05, 0.1) is 6.54 Å². The van der Waals surface area contributed by atoms with Gasteiger partial charge in [0.15, 0.2) is 5.82 Å². The van der Waals surface area contributed by atoms with E-state index in [0.29, 0.717) is 23.2 Å². The zero-order chi connectivity index (χ0) is 13.1. The zero-order valence-electron chi connectivity index (χ0n) is 9.61. The van der Waals surface area contributed by atoms with E-state index in [1.54, 1.807) is 6.92 Å². The number of hydrogen-bond acceptors (Lipinski definition) is 5. The summed E-state index contributed by atoms with van der Waals surface area (Å²) in [5.41, 5.74) is 7.30. The Kier molecular flexibility index (Phi) is 3.93. The standard InChI is InChI=1S/C11H11BrN4OS/c1-6-15-10(17-16-6)5-14-7-2-3-8(11(13)18)9(12)4-7/h2-4,14H,5H2,1H3,(H2,13,18). The fourth-order valence-corrected chi connectivity index (χ4v) is 2.32. The van der Waals surface area contributed by atoms with Crippen molar-refractivity contribution in [3.63, 3.8) is 0 Å². The second kappa shape index (κ2) is 5.45. The van der Waals surface area contributed by atoms with Crippen LogP contribution in [-0.2, 0) is 6.54 Å². The van der Waals surface area contributed by atoms with Gasteiger partial charge in [-0.25, -0.2) is 0 Å². The molecular formula is C11H11BrN4OS. The SMILES string of the molecule is Cc1noc(CNc2ccc(C(N)=S)c(Br)c2)n1. The molecule has 1 aromatic carbocycles. The maximum absolute atomic E-state index is 5.58. The Morgan fingerprint density at radius 3 is 2.89 bits per heavy atom. The number of aryl methyl sites for hydroxylation is 1.